The van der Waals surface area contributed by atoms with E-state index in [1.165, 1.54) is 11.6 Å². The molecule has 2 heterocycles. The van der Waals surface area contributed by atoms with Crippen LogP contribution >= 0.6 is 0 Å². The van der Waals surface area contributed by atoms with Crippen molar-refractivity contribution >= 4 is 22.4 Å². The highest BCUT2D eigenvalue weighted by atomic mass is 16.6. The lowest BCUT2D eigenvalue weighted by molar-refractivity contribution is -0.384. The van der Waals surface area contributed by atoms with Crippen LogP contribution in [0.4, 0.5) is 11.5 Å². The van der Waals surface area contributed by atoms with Gasteiger partial charge in [0.25, 0.3) is 5.69 Å². The topological polar surface area (TPSA) is 77.3 Å². The highest BCUT2D eigenvalue weighted by Crippen LogP contribution is 2.33. The zero-order valence-corrected chi connectivity index (χ0v) is 14.9. The summed E-state index contributed by atoms with van der Waals surface area (Å²) in [5, 5.41) is 15.1. The minimum atomic E-state index is -0.390. The second-order valence-electron chi connectivity index (χ2n) is 6.82. The fourth-order valence-electron chi connectivity index (χ4n) is 3.62. The molecule has 1 fully saturated rings. The first-order chi connectivity index (χ1) is 13.2. The summed E-state index contributed by atoms with van der Waals surface area (Å²) in [6.45, 7) is 1.56. The zero-order chi connectivity index (χ0) is 18.6. The molecular weight excluding hydrogens is 342 g/mol. The number of nitrogens with zero attached hydrogens (tertiary/aromatic N) is 2. The number of pyridine rings is 1. The van der Waals surface area contributed by atoms with Gasteiger partial charge in [0.15, 0.2) is 0 Å². The quantitative estimate of drug-likeness (QED) is 0.524. The number of nitrogens with one attached hydrogen (secondary N) is 1. The summed E-state index contributed by atoms with van der Waals surface area (Å²) in [6.07, 6.45) is 2.26. The summed E-state index contributed by atoms with van der Waals surface area (Å²) in [4.78, 5) is 15.1. The van der Waals surface area contributed by atoms with E-state index in [9.17, 15) is 10.1 Å². The molecule has 4 rings (SSSR count). The summed E-state index contributed by atoms with van der Waals surface area (Å²) in [5.74, 6) is 1.14. The predicted octanol–water partition coefficient (Wildman–Crippen LogP) is 4.72. The van der Waals surface area contributed by atoms with Crippen LogP contribution in [0.25, 0.3) is 10.9 Å². The van der Waals surface area contributed by atoms with Crippen LogP contribution in [0.1, 0.15) is 24.5 Å². The Morgan fingerprint density at radius 2 is 2.00 bits per heavy atom. The Bertz CT molecular complexity index is 946. The molecule has 2 atom stereocenters. The van der Waals surface area contributed by atoms with Crippen molar-refractivity contribution in [3.05, 3.63) is 76.3 Å². The lowest BCUT2D eigenvalue weighted by atomic mass is 9.89. The molecule has 1 saturated heterocycles. The lowest BCUT2D eigenvalue weighted by Crippen LogP contribution is -2.28. The third-order valence-corrected chi connectivity index (χ3v) is 5.00. The van der Waals surface area contributed by atoms with Gasteiger partial charge in [-0.05, 0) is 36.6 Å². The van der Waals surface area contributed by atoms with Gasteiger partial charge in [-0.25, -0.2) is 4.98 Å². The second kappa shape index (κ2) is 7.72. The number of ether oxygens (including phenoxy) is 1. The molecule has 0 amide bonds. The summed E-state index contributed by atoms with van der Waals surface area (Å²) in [7, 11) is 0. The molecular formula is C21H21N3O3. The van der Waals surface area contributed by atoms with E-state index in [1.54, 1.807) is 12.1 Å². The van der Waals surface area contributed by atoms with Crippen LogP contribution < -0.4 is 5.32 Å². The Morgan fingerprint density at radius 3 is 2.81 bits per heavy atom. The number of rotatable bonds is 5. The van der Waals surface area contributed by atoms with Crippen molar-refractivity contribution < 1.29 is 9.66 Å². The molecule has 0 spiro atoms. The maximum atomic E-state index is 10.9. The molecule has 1 aromatic heterocycles. The maximum absolute atomic E-state index is 10.9. The summed E-state index contributed by atoms with van der Waals surface area (Å²) in [5.41, 5.74) is 2.03. The van der Waals surface area contributed by atoms with E-state index in [0.29, 0.717) is 5.92 Å². The van der Waals surface area contributed by atoms with Crippen LogP contribution in [-0.4, -0.2) is 23.1 Å². The number of fused-ring (bicyclic) bond motifs is 1. The monoisotopic (exact) mass is 363 g/mol. The van der Waals surface area contributed by atoms with E-state index in [1.807, 2.05) is 30.3 Å². The SMILES string of the molecule is O=[N+]([O-])c1ccc2nc(NC[C@@H]3CCCO[C@H]3c3ccccc3)ccc2c1. The molecule has 1 aliphatic heterocycles. The van der Waals surface area contributed by atoms with Crippen LogP contribution in [-0.2, 0) is 4.74 Å². The third-order valence-electron chi connectivity index (χ3n) is 5.00. The van der Waals surface area contributed by atoms with Gasteiger partial charge < -0.3 is 10.1 Å². The van der Waals surface area contributed by atoms with Crippen molar-refractivity contribution in [2.75, 3.05) is 18.5 Å². The second-order valence-corrected chi connectivity index (χ2v) is 6.82. The normalized spacial score (nSPS) is 19.7. The number of benzene rings is 2. The maximum Gasteiger partial charge on any atom is 0.270 e. The largest absolute Gasteiger partial charge is 0.373 e. The van der Waals surface area contributed by atoms with Crippen molar-refractivity contribution in [3.8, 4) is 0 Å². The molecule has 0 aliphatic carbocycles. The molecule has 1 aliphatic rings. The van der Waals surface area contributed by atoms with E-state index < -0.39 is 4.92 Å². The van der Waals surface area contributed by atoms with Crippen molar-refractivity contribution in [1.29, 1.82) is 0 Å². The molecule has 0 saturated carbocycles. The Labute approximate surface area is 157 Å². The van der Waals surface area contributed by atoms with Crippen molar-refractivity contribution in [2.45, 2.75) is 18.9 Å². The first-order valence-electron chi connectivity index (χ1n) is 9.16. The molecule has 0 unspecified atom stereocenters. The summed E-state index contributed by atoms with van der Waals surface area (Å²) in [6, 6.07) is 18.8. The highest BCUT2D eigenvalue weighted by Gasteiger charge is 2.27. The Morgan fingerprint density at radius 1 is 1.15 bits per heavy atom. The molecule has 6 nitrogen and oxygen atoms in total. The minimum absolute atomic E-state index is 0.0788. The van der Waals surface area contributed by atoms with E-state index in [-0.39, 0.29) is 11.8 Å². The average Bonchev–Trinajstić information content (AvgIpc) is 2.72. The van der Waals surface area contributed by atoms with Gasteiger partial charge in [-0.2, -0.15) is 0 Å². The van der Waals surface area contributed by atoms with Gasteiger partial charge in [0.1, 0.15) is 5.82 Å². The Balaban J connectivity index is 1.48. The van der Waals surface area contributed by atoms with Gasteiger partial charge in [0.2, 0.25) is 0 Å². The zero-order valence-electron chi connectivity index (χ0n) is 14.9. The first-order valence-corrected chi connectivity index (χ1v) is 9.16. The van der Waals surface area contributed by atoms with E-state index in [0.717, 1.165) is 42.7 Å². The number of nitro groups is 1. The van der Waals surface area contributed by atoms with Gasteiger partial charge in [-0.15, -0.1) is 0 Å². The molecule has 0 bridgehead atoms. The van der Waals surface area contributed by atoms with Gasteiger partial charge >= 0.3 is 0 Å². The molecule has 0 radical (unpaired) electrons. The van der Waals surface area contributed by atoms with Crippen LogP contribution in [0.3, 0.4) is 0 Å². The number of non-ortho nitro benzene ring substituents is 1. The Hall–Kier alpha value is -2.99. The van der Waals surface area contributed by atoms with Gasteiger partial charge in [0.05, 0.1) is 16.5 Å². The van der Waals surface area contributed by atoms with Crippen molar-refractivity contribution in [2.24, 2.45) is 5.92 Å². The Kier molecular flexibility index (Phi) is 4.98. The van der Waals surface area contributed by atoms with E-state index in [4.69, 9.17) is 4.74 Å². The molecule has 27 heavy (non-hydrogen) atoms. The van der Waals surface area contributed by atoms with Crippen LogP contribution in [0.2, 0.25) is 0 Å². The fraction of sp³-hybridized carbons (Fsp3) is 0.286. The molecule has 1 N–H and O–H groups in total. The lowest BCUT2D eigenvalue weighted by Gasteiger charge is -2.32. The number of anilines is 1. The molecule has 2 aromatic carbocycles. The van der Waals surface area contributed by atoms with Crippen molar-refractivity contribution in [1.82, 2.24) is 4.98 Å². The molecule has 138 valence electrons. The van der Waals surface area contributed by atoms with Crippen LogP contribution in [0, 0.1) is 16.0 Å². The van der Waals surface area contributed by atoms with Crippen LogP contribution in [0.15, 0.2) is 60.7 Å². The standard InChI is InChI=1S/C21H21N3O3/c25-24(26)18-9-10-19-16(13-18)8-11-20(23-19)22-14-17-7-4-12-27-21(17)15-5-2-1-3-6-15/h1-3,5-6,8-11,13,17,21H,4,7,12,14H2,(H,22,23)/t17-,21-/m0/s1. The average molecular weight is 363 g/mol. The smallest absolute Gasteiger partial charge is 0.270 e. The third kappa shape index (κ3) is 3.90. The highest BCUT2D eigenvalue weighted by molar-refractivity contribution is 5.82. The van der Waals surface area contributed by atoms with E-state index >= 15 is 0 Å². The van der Waals surface area contributed by atoms with Gasteiger partial charge in [-0.3, -0.25) is 10.1 Å². The molecule has 3 aromatic rings. The van der Waals surface area contributed by atoms with E-state index in [2.05, 4.69) is 22.4 Å². The van der Waals surface area contributed by atoms with Gasteiger partial charge in [-0.1, -0.05) is 30.3 Å². The number of aromatic nitrogens is 1. The van der Waals surface area contributed by atoms with Crippen molar-refractivity contribution in [3.63, 3.8) is 0 Å². The number of nitro benzene ring substituents is 1. The molecule has 6 heteroatoms. The number of hydrogen-bond donors (Lipinski definition) is 1. The first kappa shape index (κ1) is 17.4. The number of hydrogen-bond acceptors (Lipinski definition) is 5. The minimum Gasteiger partial charge on any atom is -0.373 e. The van der Waals surface area contributed by atoms with Gasteiger partial charge in [0, 0.05) is 36.6 Å². The predicted molar refractivity (Wildman–Crippen MR) is 105 cm³/mol. The fourth-order valence-corrected chi connectivity index (χ4v) is 3.62. The summed E-state index contributed by atoms with van der Waals surface area (Å²) < 4.78 is 6.05. The van der Waals surface area contributed by atoms with Crippen LogP contribution in [0.5, 0.6) is 0 Å². The summed E-state index contributed by atoms with van der Waals surface area (Å²) >= 11 is 0.